The average molecular weight is 182 g/mol. The molecule has 1 unspecified atom stereocenters. The van der Waals surface area contributed by atoms with Gasteiger partial charge in [-0.3, -0.25) is 4.90 Å². The molecule has 13 heavy (non-hydrogen) atoms. The molecule has 1 atom stereocenters. The Hall–Kier alpha value is -0.0800. The van der Waals surface area contributed by atoms with Crippen molar-refractivity contribution >= 4 is 0 Å². The van der Waals surface area contributed by atoms with Gasteiger partial charge in [-0.1, -0.05) is 6.92 Å². The van der Waals surface area contributed by atoms with Crippen molar-refractivity contribution in [1.29, 1.82) is 0 Å². The lowest BCUT2D eigenvalue weighted by Crippen LogP contribution is -2.50. The van der Waals surface area contributed by atoms with E-state index in [-0.39, 0.29) is 0 Å². The molecule has 1 saturated carbocycles. The summed E-state index contributed by atoms with van der Waals surface area (Å²) in [5.74, 6) is 0. The molecule has 0 aromatic rings. The fourth-order valence-electron chi connectivity index (χ4n) is 2.43. The maximum absolute atomic E-state index is 3.49. The van der Waals surface area contributed by atoms with E-state index in [1.54, 1.807) is 0 Å². The van der Waals surface area contributed by atoms with Crippen LogP contribution in [0.4, 0.5) is 0 Å². The van der Waals surface area contributed by atoms with Crippen LogP contribution in [0.3, 0.4) is 0 Å². The van der Waals surface area contributed by atoms with Crippen molar-refractivity contribution in [2.24, 2.45) is 5.41 Å². The minimum atomic E-state index is 0.696. The molecule has 0 radical (unpaired) electrons. The van der Waals surface area contributed by atoms with E-state index < -0.39 is 0 Å². The fourth-order valence-corrected chi connectivity index (χ4v) is 2.43. The molecule has 1 saturated heterocycles. The van der Waals surface area contributed by atoms with E-state index in [1.165, 1.54) is 45.4 Å². The van der Waals surface area contributed by atoms with E-state index >= 15 is 0 Å². The lowest BCUT2D eigenvalue weighted by atomic mass is 10.0. The summed E-state index contributed by atoms with van der Waals surface area (Å²) in [6, 6.07) is 0.696. The van der Waals surface area contributed by atoms with Crippen molar-refractivity contribution in [3.63, 3.8) is 0 Å². The smallest absolute Gasteiger partial charge is 0.0167 e. The Kier molecular flexibility index (Phi) is 2.61. The van der Waals surface area contributed by atoms with E-state index in [0.717, 1.165) is 5.41 Å². The predicted octanol–water partition coefficient (Wildman–Crippen LogP) is 1.47. The van der Waals surface area contributed by atoms with Crippen LogP contribution >= 0.6 is 0 Å². The van der Waals surface area contributed by atoms with Gasteiger partial charge in [-0.2, -0.15) is 0 Å². The first-order valence-electron chi connectivity index (χ1n) is 5.70. The lowest BCUT2D eigenvalue weighted by molar-refractivity contribution is 0.168. The summed E-state index contributed by atoms with van der Waals surface area (Å²) < 4.78 is 0. The van der Waals surface area contributed by atoms with Gasteiger partial charge in [0.05, 0.1) is 0 Å². The van der Waals surface area contributed by atoms with Crippen molar-refractivity contribution in [2.75, 3.05) is 26.2 Å². The van der Waals surface area contributed by atoms with Crippen molar-refractivity contribution < 1.29 is 0 Å². The van der Waals surface area contributed by atoms with E-state index in [4.69, 9.17) is 0 Å². The molecule has 2 aliphatic rings. The van der Waals surface area contributed by atoms with E-state index in [9.17, 15) is 0 Å². The van der Waals surface area contributed by atoms with Crippen molar-refractivity contribution in [2.45, 2.75) is 39.2 Å². The van der Waals surface area contributed by atoms with Crippen molar-refractivity contribution in [3.8, 4) is 0 Å². The summed E-state index contributed by atoms with van der Waals surface area (Å²) in [5.41, 5.74) is 0.733. The number of nitrogens with zero attached hydrogens (tertiary/aromatic N) is 1. The van der Waals surface area contributed by atoms with Crippen LogP contribution in [0.1, 0.15) is 33.1 Å². The second-order valence-electron chi connectivity index (χ2n) is 4.94. The summed E-state index contributed by atoms with van der Waals surface area (Å²) in [5, 5.41) is 3.49. The topological polar surface area (TPSA) is 15.3 Å². The third-order valence-electron chi connectivity index (χ3n) is 3.72. The van der Waals surface area contributed by atoms with Crippen molar-refractivity contribution in [3.05, 3.63) is 0 Å². The number of piperazine rings is 1. The number of nitrogens with one attached hydrogen (secondary N) is 1. The fraction of sp³-hybridized carbons (Fsp3) is 1.00. The van der Waals surface area contributed by atoms with Gasteiger partial charge in [0.1, 0.15) is 0 Å². The van der Waals surface area contributed by atoms with E-state index in [0.29, 0.717) is 6.04 Å². The van der Waals surface area contributed by atoms with Gasteiger partial charge in [0.25, 0.3) is 0 Å². The zero-order valence-electron chi connectivity index (χ0n) is 8.97. The predicted molar refractivity (Wildman–Crippen MR) is 55.9 cm³/mol. The van der Waals surface area contributed by atoms with Crippen LogP contribution in [0.2, 0.25) is 0 Å². The van der Waals surface area contributed by atoms with Gasteiger partial charge in [-0.25, -0.2) is 0 Å². The highest BCUT2D eigenvalue weighted by atomic mass is 15.2. The van der Waals surface area contributed by atoms with Gasteiger partial charge < -0.3 is 5.32 Å². The molecule has 2 heteroatoms. The van der Waals surface area contributed by atoms with Gasteiger partial charge in [0, 0.05) is 32.2 Å². The third kappa shape index (κ3) is 2.23. The second-order valence-corrected chi connectivity index (χ2v) is 4.94. The van der Waals surface area contributed by atoms with Gasteiger partial charge >= 0.3 is 0 Å². The minimum Gasteiger partial charge on any atom is -0.312 e. The first kappa shape index (κ1) is 9.47. The Bertz CT molecular complexity index is 175. The van der Waals surface area contributed by atoms with Crippen LogP contribution < -0.4 is 5.32 Å². The van der Waals surface area contributed by atoms with Crippen molar-refractivity contribution in [1.82, 2.24) is 10.2 Å². The zero-order valence-corrected chi connectivity index (χ0v) is 8.97. The molecule has 1 heterocycles. The van der Waals surface area contributed by atoms with Gasteiger partial charge in [-0.15, -0.1) is 0 Å². The van der Waals surface area contributed by atoms with E-state index in [2.05, 4.69) is 24.1 Å². The van der Waals surface area contributed by atoms with Crippen LogP contribution in [0.5, 0.6) is 0 Å². The summed E-state index contributed by atoms with van der Waals surface area (Å²) in [7, 11) is 0. The molecule has 0 aromatic carbocycles. The maximum Gasteiger partial charge on any atom is 0.0167 e. The van der Waals surface area contributed by atoms with Gasteiger partial charge in [0.15, 0.2) is 0 Å². The SMILES string of the molecule is CCC1(CN2CCNC(C)C2)CC1. The molecular formula is C11H22N2. The summed E-state index contributed by atoms with van der Waals surface area (Å²) in [4.78, 5) is 2.65. The summed E-state index contributed by atoms with van der Waals surface area (Å²) in [6.45, 7) is 9.68. The van der Waals surface area contributed by atoms with E-state index in [1.807, 2.05) is 0 Å². The molecule has 2 rings (SSSR count). The zero-order chi connectivity index (χ0) is 9.31. The normalized spacial score (nSPS) is 33.2. The van der Waals surface area contributed by atoms with Gasteiger partial charge in [0.2, 0.25) is 0 Å². The Labute approximate surface area is 81.7 Å². The largest absolute Gasteiger partial charge is 0.312 e. The molecule has 0 bridgehead atoms. The third-order valence-corrected chi connectivity index (χ3v) is 3.72. The molecule has 1 aliphatic heterocycles. The Morgan fingerprint density at radius 3 is 2.77 bits per heavy atom. The summed E-state index contributed by atoms with van der Waals surface area (Å²) in [6.07, 6.45) is 4.33. The first-order valence-corrected chi connectivity index (χ1v) is 5.70. The molecule has 2 fully saturated rings. The minimum absolute atomic E-state index is 0.696. The first-order chi connectivity index (χ1) is 6.24. The molecule has 0 aromatic heterocycles. The van der Waals surface area contributed by atoms with Crippen LogP contribution in [-0.2, 0) is 0 Å². The molecular weight excluding hydrogens is 160 g/mol. The molecule has 2 nitrogen and oxygen atoms in total. The standard InChI is InChI=1S/C11H22N2/c1-3-11(4-5-11)9-13-7-6-12-10(2)8-13/h10,12H,3-9H2,1-2H3. The lowest BCUT2D eigenvalue weighted by Gasteiger charge is -2.34. The number of hydrogen-bond donors (Lipinski definition) is 1. The highest BCUT2D eigenvalue weighted by Crippen LogP contribution is 2.49. The quantitative estimate of drug-likeness (QED) is 0.711. The Morgan fingerprint density at radius 1 is 1.46 bits per heavy atom. The maximum atomic E-state index is 3.49. The molecule has 1 aliphatic carbocycles. The van der Waals surface area contributed by atoms with Crippen LogP contribution in [0.25, 0.3) is 0 Å². The van der Waals surface area contributed by atoms with Crippen LogP contribution in [-0.4, -0.2) is 37.1 Å². The number of hydrogen-bond acceptors (Lipinski definition) is 2. The second kappa shape index (κ2) is 3.58. The van der Waals surface area contributed by atoms with Crippen LogP contribution in [0, 0.1) is 5.41 Å². The molecule has 76 valence electrons. The molecule has 0 amide bonds. The van der Waals surface area contributed by atoms with Crippen LogP contribution in [0.15, 0.2) is 0 Å². The summed E-state index contributed by atoms with van der Waals surface area (Å²) >= 11 is 0. The molecule has 1 N–H and O–H groups in total. The number of rotatable bonds is 3. The Morgan fingerprint density at radius 2 is 2.23 bits per heavy atom. The Balaban J connectivity index is 1.80. The highest BCUT2D eigenvalue weighted by Gasteiger charge is 2.42. The average Bonchev–Trinajstić information content (AvgIpc) is 2.86. The molecule has 0 spiro atoms. The monoisotopic (exact) mass is 182 g/mol. The van der Waals surface area contributed by atoms with Gasteiger partial charge in [-0.05, 0) is 31.6 Å². The highest BCUT2D eigenvalue weighted by molar-refractivity contribution is 4.95.